The summed E-state index contributed by atoms with van der Waals surface area (Å²) in [7, 11) is -0.309. The molecule has 0 radical (unpaired) electrons. The maximum absolute atomic E-state index is 6.13. The van der Waals surface area contributed by atoms with E-state index in [1.807, 2.05) is 12.1 Å². The minimum Gasteiger partial charge on any atom is -0.399 e. The zero-order valence-corrected chi connectivity index (χ0v) is 12.2. The van der Waals surface area contributed by atoms with Crippen molar-refractivity contribution in [1.82, 2.24) is 0 Å². The lowest BCUT2D eigenvalue weighted by atomic mass is 9.77. The van der Waals surface area contributed by atoms with Gasteiger partial charge in [0.15, 0.2) is 0 Å². The standard InChI is InChI=1S/C15H20BNO2/c1-10-9-11-12(7-6-8-13(11)17-10)16-18-14(2,3)15(4,5)19-16/h6-10H,1-5H3/t10-/m0/s1. The number of fused-ring (bicyclic) bond motifs is 1. The fraction of sp³-hybridized carbons (Fsp3) is 0.533. The van der Waals surface area contributed by atoms with Crippen molar-refractivity contribution in [2.24, 2.45) is 4.99 Å². The van der Waals surface area contributed by atoms with Crippen LogP contribution in [0.2, 0.25) is 0 Å². The zero-order valence-electron chi connectivity index (χ0n) is 12.2. The Kier molecular flexibility index (Phi) is 2.67. The molecule has 0 aliphatic carbocycles. The monoisotopic (exact) mass is 257 g/mol. The number of nitrogens with zero attached hydrogens (tertiary/aromatic N) is 1. The van der Waals surface area contributed by atoms with Crippen molar-refractivity contribution < 1.29 is 9.31 Å². The van der Waals surface area contributed by atoms with Gasteiger partial charge >= 0.3 is 7.12 Å². The molecule has 1 saturated heterocycles. The molecule has 0 N–H and O–H groups in total. The fourth-order valence-corrected chi connectivity index (χ4v) is 2.54. The Labute approximate surface area is 114 Å². The van der Waals surface area contributed by atoms with E-state index >= 15 is 0 Å². The highest BCUT2D eigenvalue weighted by Gasteiger charge is 2.52. The van der Waals surface area contributed by atoms with Gasteiger partial charge in [-0.1, -0.05) is 18.2 Å². The molecule has 2 heterocycles. The first kappa shape index (κ1) is 12.9. The van der Waals surface area contributed by atoms with Crippen LogP contribution < -0.4 is 16.0 Å². The van der Waals surface area contributed by atoms with E-state index in [4.69, 9.17) is 9.31 Å². The summed E-state index contributed by atoms with van der Waals surface area (Å²) in [6.07, 6.45) is 2.18. The second-order valence-corrected chi connectivity index (χ2v) is 6.40. The maximum Gasteiger partial charge on any atom is 0.495 e. The molecule has 1 atom stereocenters. The van der Waals surface area contributed by atoms with Crippen molar-refractivity contribution in [2.75, 3.05) is 0 Å². The lowest BCUT2D eigenvalue weighted by Gasteiger charge is -2.32. The van der Waals surface area contributed by atoms with Crippen LogP contribution in [-0.2, 0) is 9.31 Å². The van der Waals surface area contributed by atoms with E-state index in [2.05, 4.69) is 51.8 Å². The Morgan fingerprint density at radius 3 is 2.37 bits per heavy atom. The average Bonchev–Trinajstić information content (AvgIpc) is 2.75. The smallest absolute Gasteiger partial charge is 0.399 e. The number of rotatable bonds is 1. The van der Waals surface area contributed by atoms with E-state index in [0.717, 1.165) is 16.0 Å². The van der Waals surface area contributed by atoms with Crippen LogP contribution in [-0.4, -0.2) is 24.4 Å². The molecule has 1 aromatic rings. The number of hydrogen-bond acceptors (Lipinski definition) is 3. The molecule has 2 aliphatic heterocycles. The van der Waals surface area contributed by atoms with Gasteiger partial charge in [0, 0.05) is 0 Å². The lowest BCUT2D eigenvalue weighted by Crippen LogP contribution is -2.48. The minimum absolute atomic E-state index is 0.235. The molecule has 4 heteroatoms. The van der Waals surface area contributed by atoms with Crippen molar-refractivity contribution in [1.29, 1.82) is 0 Å². The zero-order chi connectivity index (χ0) is 13.8. The highest BCUT2D eigenvalue weighted by molar-refractivity contribution is 6.62. The topological polar surface area (TPSA) is 30.8 Å². The molecule has 1 aromatic carbocycles. The van der Waals surface area contributed by atoms with Gasteiger partial charge in [0.2, 0.25) is 0 Å². The molecular weight excluding hydrogens is 237 g/mol. The minimum atomic E-state index is -0.309. The van der Waals surface area contributed by atoms with Crippen LogP contribution in [0.15, 0.2) is 23.2 Å². The average molecular weight is 257 g/mol. The summed E-state index contributed by atoms with van der Waals surface area (Å²) in [5.41, 5.74) is 0.480. The number of hydrogen-bond donors (Lipinski definition) is 0. The molecule has 3 nitrogen and oxygen atoms in total. The molecule has 2 aliphatic rings. The largest absolute Gasteiger partial charge is 0.495 e. The van der Waals surface area contributed by atoms with Gasteiger partial charge in [-0.2, -0.15) is 0 Å². The van der Waals surface area contributed by atoms with Crippen LogP contribution in [0.1, 0.15) is 34.6 Å². The van der Waals surface area contributed by atoms with Gasteiger partial charge in [-0.25, -0.2) is 0 Å². The third-order valence-electron chi connectivity index (χ3n) is 4.37. The molecule has 3 rings (SSSR count). The molecule has 0 saturated carbocycles. The molecule has 0 aromatic heterocycles. The van der Waals surface area contributed by atoms with E-state index in [1.54, 1.807) is 0 Å². The van der Waals surface area contributed by atoms with Crippen molar-refractivity contribution in [3.63, 3.8) is 0 Å². The quantitative estimate of drug-likeness (QED) is 0.696. The van der Waals surface area contributed by atoms with Crippen molar-refractivity contribution in [3.8, 4) is 0 Å². The normalized spacial score (nSPS) is 26.8. The summed E-state index contributed by atoms with van der Waals surface area (Å²) in [5.74, 6) is 0. The van der Waals surface area contributed by atoms with Crippen LogP contribution >= 0.6 is 0 Å². The SMILES string of the molecule is C[C@H]1C=c2c(B3OC(C)(C)C(C)(C)O3)cccc2=N1. The van der Waals surface area contributed by atoms with Crippen LogP contribution in [0.25, 0.3) is 6.08 Å². The first-order valence-corrected chi connectivity index (χ1v) is 6.84. The predicted molar refractivity (Wildman–Crippen MR) is 76.9 cm³/mol. The molecule has 100 valence electrons. The summed E-state index contributed by atoms with van der Waals surface area (Å²) >= 11 is 0. The van der Waals surface area contributed by atoms with Gasteiger partial charge in [-0.15, -0.1) is 0 Å². The van der Waals surface area contributed by atoms with E-state index in [0.29, 0.717) is 0 Å². The van der Waals surface area contributed by atoms with Crippen LogP contribution in [0.4, 0.5) is 0 Å². The Morgan fingerprint density at radius 1 is 1.11 bits per heavy atom. The first-order chi connectivity index (χ1) is 8.80. The second-order valence-electron chi connectivity index (χ2n) is 6.40. The van der Waals surface area contributed by atoms with Gasteiger partial charge in [0.25, 0.3) is 0 Å². The molecule has 0 bridgehead atoms. The van der Waals surface area contributed by atoms with Crippen molar-refractivity contribution in [3.05, 3.63) is 28.8 Å². The second kappa shape index (κ2) is 3.93. The van der Waals surface area contributed by atoms with Crippen LogP contribution in [0, 0.1) is 0 Å². The Bertz CT molecular complexity index is 620. The van der Waals surface area contributed by atoms with Gasteiger partial charge in [-0.05, 0) is 51.4 Å². The Hall–Kier alpha value is -1.13. The van der Waals surface area contributed by atoms with Crippen LogP contribution in [0.3, 0.4) is 0 Å². The summed E-state index contributed by atoms with van der Waals surface area (Å²) < 4.78 is 12.3. The molecule has 1 fully saturated rings. The molecular formula is C15H20BNO2. The van der Waals surface area contributed by atoms with E-state index in [-0.39, 0.29) is 24.4 Å². The Balaban J connectivity index is 2.07. The molecule has 19 heavy (non-hydrogen) atoms. The number of benzene rings is 1. The predicted octanol–water partition coefficient (Wildman–Crippen LogP) is 0.788. The molecule has 0 unspecified atom stereocenters. The summed E-state index contributed by atoms with van der Waals surface area (Å²) in [4.78, 5) is 4.59. The fourth-order valence-electron chi connectivity index (χ4n) is 2.54. The molecule has 0 amide bonds. The van der Waals surface area contributed by atoms with Crippen molar-refractivity contribution in [2.45, 2.75) is 51.9 Å². The van der Waals surface area contributed by atoms with Crippen LogP contribution in [0.5, 0.6) is 0 Å². The maximum atomic E-state index is 6.13. The van der Waals surface area contributed by atoms with Gasteiger partial charge < -0.3 is 9.31 Å². The molecule has 0 spiro atoms. The van der Waals surface area contributed by atoms with E-state index < -0.39 is 0 Å². The summed E-state index contributed by atoms with van der Waals surface area (Å²) in [5, 5.41) is 2.20. The first-order valence-electron chi connectivity index (χ1n) is 6.84. The van der Waals surface area contributed by atoms with Gasteiger partial charge in [0.05, 0.1) is 22.6 Å². The van der Waals surface area contributed by atoms with Gasteiger partial charge in [-0.3, -0.25) is 4.99 Å². The van der Waals surface area contributed by atoms with Crippen molar-refractivity contribution >= 4 is 18.7 Å². The highest BCUT2D eigenvalue weighted by Crippen LogP contribution is 2.36. The lowest BCUT2D eigenvalue weighted by molar-refractivity contribution is 0.00578. The third-order valence-corrected chi connectivity index (χ3v) is 4.37. The Morgan fingerprint density at radius 2 is 1.74 bits per heavy atom. The van der Waals surface area contributed by atoms with E-state index in [9.17, 15) is 0 Å². The summed E-state index contributed by atoms with van der Waals surface area (Å²) in [6, 6.07) is 6.38. The van der Waals surface area contributed by atoms with E-state index in [1.165, 1.54) is 0 Å². The van der Waals surface area contributed by atoms with Gasteiger partial charge in [0.1, 0.15) is 0 Å². The summed E-state index contributed by atoms with van der Waals surface area (Å²) in [6.45, 7) is 10.4. The third kappa shape index (κ3) is 1.94. The highest BCUT2D eigenvalue weighted by atomic mass is 16.7.